The summed E-state index contributed by atoms with van der Waals surface area (Å²) in [5.41, 5.74) is 1.93. The Balaban J connectivity index is 1.24. The zero-order chi connectivity index (χ0) is 19.4. The zero-order valence-corrected chi connectivity index (χ0v) is 16.2. The molecule has 0 bridgehead atoms. The highest BCUT2D eigenvalue weighted by molar-refractivity contribution is 6.39. The summed E-state index contributed by atoms with van der Waals surface area (Å²) in [6.45, 7) is 6.26. The lowest BCUT2D eigenvalue weighted by molar-refractivity contribution is -0.114. The first kappa shape index (κ1) is 18.9. The average molecular weight is 381 g/mol. The van der Waals surface area contributed by atoms with Crippen molar-refractivity contribution in [3.63, 3.8) is 0 Å². The highest BCUT2D eigenvalue weighted by Crippen LogP contribution is 2.34. The van der Waals surface area contributed by atoms with Gasteiger partial charge in [0.2, 0.25) is 0 Å². The van der Waals surface area contributed by atoms with E-state index in [2.05, 4.69) is 26.3 Å². The summed E-state index contributed by atoms with van der Waals surface area (Å²) in [5.74, 6) is -0.101. The van der Waals surface area contributed by atoms with Crippen molar-refractivity contribution in [2.24, 2.45) is 5.16 Å². The fourth-order valence-electron chi connectivity index (χ4n) is 4.36. The summed E-state index contributed by atoms with van der Waals surface area (Å²) in [7, 11) is 0. The molecule has 1 aromatic carbocycles. The monoisotopic (exact) mass is 381 g/mol. The van der Waals surface area contributed by atoms with Crippen LogP contribution >= 0.6 is 0 Å². The second-order valence-corrected chi connectivity index (χ2v) is 8.07. The third-order valence-corrected chi connectivity index (χ3v) is 5.87. The van der Waals surface area contributed by atoms with Crippen LogP contribution in [0.2, 0.25) is 0 Å². The van der Waals surface area contributed by atoms with E-state index < -0.39 is 0 Å². The summed E-state index contributed by atoms with van der Waals surface area (Å²) >= 11 is 0. The molecule has 7 heteroatoms. The summed E-state index contributed by atoms with van der Waals surface area (Å²) in [4.78, 5) is 22.9. The van der Waals surface area contributed by atoms with E-state index in [1.165, 1.54) is 12.8 Å². The summed E-state index contributed by atoms with van der Waals surface area (Å²) in [5, 5.41) is 16.2. The van der Waals surface area contributed by atoms with Crippen molar-refractivity contribution in [1.82, 2.24) is 15.1 Å². The van der Waals surface area contributed by atoms with Gasteiger partial charge in [-0.1, -0.05) is 17.3 Å². The van der Waals surface area contributed by atoms with Crippen LogP contribution in [0.15, 0.2) is 29.4 Å². The number of nitrogens with one attached hydrogen (secondary N) is 1. The number of hydrogen-bond acceptors (Lipinski definition) is 6. The van der Waals surface area contributed by atoms with Gasteiger partial charge in [-0.15, -0.1) is 0 Å². The fourth-order valence-corrected chi connectivity index (χ4v) is 4.36. The van der Waals surface area contributed by atoms with Crippen molar-refractivity contribution in [2.75, 3.05) is 39.3 Å². The van der Waals surface area contributed by atoms with Crippen LogP contribution in [0.5, 0.6) is 0 Å². The smallest absolute Gasteiger partial charge is 0.269 e. The normalized spacial score (nSPS) is 24.9. The van der Waals surface area contributed by atoms with Crippen LogP contribution in [0.4, 0.5) is 0 Å². The third-order valence-electron chi connectivity index (χ3n) is 5.87. The molecule has 0 unspecified atom stereocenters. The van der Waals surface area contributed by atoms with Gasteiger partial charge in [-0.05, 0) is 43.6 Å². The largest absolute Gasteiger partial charge is 0.387 e. The molecule has 2 saturated heterocycles. The summed E-state index contributed by atoms with van der Waals surface area (Å²) in [6.07, 6.45) is 3.94. The average Bonchev–Trinajstić information content (AvgIpc) is 3.45. The van der Waals surface area contributed by atoms with Gasteiger partial charge in [0.1, 0.15) is 5.71 Å². The second-order valence-electron chi connectivity index (χ2n) is 8.07. The van der Waals surface area contributed by atoms with Gasteiger partial charge in [-0.3, -0.25) is 9.69 Å². The molecule has 1 amide bonds. The Labute approximate surface area is 165 Å². The molecule has 3 aliphatic rings. The van der Waals surface area contributed by atoms with Crippen LogP contribution in [-0.2, 0) is 16.2 Å². The molecule has 3 aliphatic heterocycles. The van der Waals surface area contributed by atoms with Crippen molar-refractivity contribution in [3.05, 3.63) is 35.4 Å². The molecular formula is C21H27N5O2. The molecule has 148 valence electrons. The van der Waals surface area contributed by atoms with Crippen LogP contribution in [0.25, 0.3) is 0 Å². The van der Waals surface area contributed by atoms with E-state index in [9.17, 15) is 4.79 Å². The van der Waals surface area contributed by atoms with Crippen molar-refractivity contribution in [2.45, 2.75) is 37.8 Å². The van der Waals surface area contributed by atoms with Gasteiger partial charge in [-0.2, -0.15) is 5.26 Å². The highest BCUT2D eigenvalue weighted by atomic mass is 16.7. The predicted octanol–water partition coefficient (Wildman–Crippen LogP) is 1.49. The molecule has 0 aromatic heterocycles. The molecule has 0 radical (unpaired) electrons. The Bertz CT molecular complexity index is 796. The molecule has 4 rings (SSSR count). The van der Waals surface area contributed by atoms with E-state index in [0.29, 0.717) is 24.2 Å². The fraction of sp³-hybridized carbons (Fsp3) is 0.571. The van der Waals surface area contributed by atoms with Crippen LogP contribution in [0.3, 0.4) is 0 Å². The number of likely N-dealkylation sites (tertiary alicyclic amines) is 2. The summed E-state index contributed by atoms with van der Waals surface area (Å²) in [6, 6.07) is 9.88. The van der Waals surface area contributed by atoms with Crippen molar-refractivity contribution in [1.29, 1.82) is 5.26 Å². The molecule has 1 spiro atoms. The Morgan fingerprint density at radius 3 is 2.96 bits per heavy atom. The topological polar surface area (TPSA) is 81.0 Å². The van der Waals surface area contributed by atoms with Crippen LogP contribution in [-0.4, -0.2) is 66.3 Å². The maximum Gasteiger partial charge on any atom is 0.269 e. The van der Waals surface area contributed by atoms with Gasteiger partial charge in [0.15, 0.2) is 5.60 Å². The Kier molecular flexibility index (Phi) is 5.60. The molecule has 0 saturated carbocycles. The van der Waals surface area contributed by atoms with Crippen LogP contribution in [0, 0.1) is 11.3 Å². The van der Waals surface area contributed by atoms with Gasteiger partial charge < -0.3 is 15.1 Å². The van der Waals surface area contributed by atoms with Gasteiger partial charge in [0.25, 0.3) is 5.91 Å². The number of nitrogens with zero attached hydrogens (tertiary/aromatic N) is 4. The molecule has 1 N–H and O–H groups in total. The maximum atomic E-state index is 12.4. The molecular weight excluding hydrogens is 354 g/mol. The van der Waals surface area contributed by atoms with E-state index >= 15 is 0 Å². The van der Waals surface area contributed by atoms with Gasteiger partial charge in [0, 0.05) is 45.6 Å². The molecule has 28 heavy (non-hydrogen) atoms. The first-order valence-electron chi connectivity index (χ1n) is 10.1. The van der Waals surface area contributed by atoms with Crippen molar-refractivity contribution < 1.29 is 9.63 Å². The van der Waals surface area contributed by atoms with Crippen LogP contribution in [0.1, 0.15) is 36.8 Å². The Morgan fingerprint density at radius 2 is 2.14 bits per heavy atom. The third kappa shape index (κ3) is 4.34. The first-order chi connectivity index (χ1) is 13.7. The molecule has 1 atom stereocenters. The van der Waals surface area contributed by atoms with Gasteiger partial charge in [-0.25, -0.2) is 0 Å². The predicted molar refractivity (Wildman–Crippen MR) is 106 cm³/mol. The number of carbonyl (C=O) groups is 1. The van der Waals surface area contributed by atoms with E-state index in [0.717, 1.165) is 51.3 Å². The van der Waals surface area contributed by atoms with Gasteiger partial charge in [0.05, 0.1) is 11.6 Å². The minimum atomic E-state index is -0.380. The van der Waals surface area contributed by atoms with Gasteiger partial charge >= 0.3 is 0 Å². The highest BCUT2D eigenvalue weighted by Gasteiger charge is 2.46. The molecule has 3 heterocycles. The van der Waals surface area contributed by atoms with Crippen molar-refractivity contribution in [3.8, 4) is 6.07 Å². The minimum absolute atomic E-state index is 0.101. The maximum absolute atomic E-state index is 12.4. The molecule has 2 fully saturated rings. The molecule has 1 aromatic rings. The van der Waals surface area contributed by atoms with E-state index in [4.69, 9.17) is 10.1 Å². The standard InChI is InChI=1S/C21H27N5O2/c22-14-17-4-3-5-18(12-17)15-26-10-6-21(16-26)13-19(24-28-21)20(27)23-7-11-25-8-1-2-9-25/h3-5,12H,1-2,6-11,13,15-16H2,(H,23,27)/t21-/m1/s1. The minimum Gasteiger partial charge on any atom is -0.387 e. The number of carbonyl (C=O) groups excluding carboxylic acids is 1. The summed E-state index contributed by atoms with van der Waals surface area (Å²) < 4.78 is 0. The number of benzene rings is 1. The first-order valence-corrected chi connectivity index (χ1v) is 10.1. The lowest BCUT2D eigenvalue weighted by Crippen LogP contribution is -2.39. The number of oxime groups is 1. The van der Waals surface area contributed by atoms with E-state index in [1.54, 1.807) is 0 Å². The molecule has 7 nitrogen and oxygen atoms in total. The number of nitriles is 1. The number of rotatable bonds is 6. The van der Waals surface area contributed by atoms with Crippen molar-refractivity contribution >= 4 is 11.6 Å². The van der Waals surface area contributed by atoms with E-state index in [-0.39, 0.29) is 11.5 Å². The lowest BCUT2D eigenvalue weighted by Gasteiger charge is -2.21. The van der Waals surface area contributed by atoms with Crippen LogP contribution < -0.4 is 5.32 Å². The quantitative estimate of drug-likeness (QED) is 0.808. The molecule has 0 aliphatic carbocycles. The number of amides is 1. The lowest BCUT2D eigenvalue weighted by atomic mass is 9.96. The van der Waals surface area contributed by atoms with E-state index in [1.807, 2.05) is 24.3 Å². The SMILES string of the molecule is N#Cc1cccc(CN2CC[C@@]3(CC(C(=O)NCCN4CCCC4)=NO3)C2)c1. The Hall–Kier alpha value is -2.43. The zero-order valence-electron chi connectivity index (χ0n) is 16.2. The number of hydrogen-bond donors (Lipinski definition) is 1. The Morgan fingerprint density at radius 1 is 1.29 bits per heavy atom. The second kappa shape index (κ2) is 8.29.